The number of rotatable bonds is 3. The van der Waals surface area contributed by atoms with Crippen LogP contribution in [0.25, 0.3) is 10.4 Å². The number of thiazole rings is 1. The summed E-state index contributed by atoms with van der Waals surface area (Å²) >= 11 is 1.37. The summed E-state index contributed by atoms with van der Waals surface area (Å²) in [6.07, 6.45) is 5.18. The third kappa shape index (κ3) is 4.54. The zero-order valence-electron chi connectivity index (χ0n) is 14.9. The summed E-state index contributed by atoms with van der Waals surface area (Å²) in [4.78, 5) is 31.3. The van der Waals surface area contributed by atoms with E-state index in [0.717, 1.165) is 10.4 Å². The van der Waals surface area contributed by atoms with Gasteiger partial charge in [-0.1, -0.05) is 11.3 Å². The molecule has 0 bridgehead atoms. The number of hydrogen-bond donors (Lipinski definition) is 1. The Balaban J connectivity index is 1.56. The molecule has 2 amide bonds. The number of hydrogen-bond acceptors (Lipinski definition) is 7. The zero-order valence-corrected chi connectivity index (χ0v) is 15.7. The molecule has 138 valence electrons. The van der Waals surface area contributed by atoms with Crippen LogP contribution in [0.5, 0.6) is 0 Å². The van der Waals surface area contributed by atoms with Gasteiger partial charge in [-0.25, -0.2) is 9.78 Å². The summed E-state index contributed by atoms with van der Waals surface area (Å²) in [6, 6.07) is 1.84. The average Bonchev–Trinajstić information content (AvgIpc) is 3.23. The number of likely N-dealkylation sites (tertiary alicyclic amines) is 1. The fourth-order valence-corrected chi connectivity index (χ4v) is 3.39. The predicted octanol–water partition coefficient (Wildman–Crippen LogP) is 2.80. The third-order valence-corrected chi connectivity index (χ3v) is 4.78. The molecule has 8 nitrogen and oxygen atoms in total. The first-order valence-electron chi connectivity index (χ1n) is 8.33. The number of carbonyl (C=O) groups is 2. The van der Waals surface area contributed by atoms with E-state index in [1.54, 1.807) is 23.5 Å². The molecule has 1 N–H and O–H groups in total. The molecular formula is C17H21N5O3S. The van der Waals surface area contributed by atoms with Crippen LogP contribution in [-0.2, 0) is 9.53 Å². The molecular weight excluding hydrogens is 354 g/mol. The summed E-state index contributed by atoms with van der Waals surface area (Å²) in [6.45, 7) is 6.34. The van der Waals surface area contributed by atoms with E-state index in [0.29, 0.717) is 24.6 Å². The lowest BCUT2D eigenvalue weighted by atomic mass is 10.1. The normalized spacial score (nSPS) is 17.2. The second-order valence-electron chi connectivity index (χ2n) is 7.06. The Bertz CT molecular complexity index is 787. The van der Waals surface area contributed by atoms with Gasteiger partial charge in [-0.3, -0.25) is 4.79 Å². The van der Waals surface area contributed by atoms with E-state index in [1.165, 1.54) is 11.3 Å². The van der Waals surface area contributed by atoms with E-state index < -0.39 is 5.60 Å². The maximum atomic E-state index is 12.5. The Hall–Kier alpha value is -2.55. The predicted molar refractivity (Wildman–Crippen MR) is 97.7 cm³/mol. The Labute approximate surface area is 155 Å². The number of amides is 2. The summed E-state index contributed by atoms with van der Waals surface area (Å²) in [5.41, 5.74) is 0.353. The van der Waals surface area contributed by atoms with Gasteiger partial charge in [0.15, 0.2) is 5.13 Å². The van der Waals surface area contributed by atoms with Gasteiger partial charge in [0.2, 0.25) is 5.91 Å². The van der Waals surface area contributed by atoms with E-state index in [1.807, 2.05) is 26.8 Å². The second-order valence-corrected chi connectivity index (χ2v) is 8.09. The zero-order chi connectivity index (χ0) is 18.7. The lowest BCUT2D eigenvalue weighted by molar-refractivity contribution is -0.119. The molecule has 2 aromatic heterocycles. The monoisotopic (exact) mass is 375 g/mol. The third-order valence-electron chi connectivity index (χ3n) is 3.82. The molecule has 1 atom stereocenters. The van der Waals surface area contributed by atoms with Gasteiger partial charge in [-0.2, -0.15) is 10.2 Å². The molecule has 26 heavy (non-hydrogen) atoms. The Morgan fingerprint density at radius 3 is 2.81 bits per heavy atom. The molecule has 1 saturated heterocycles. The van der Waals surface area contributed by atoms with Crippen LogP contribution in [-0.4, -0.2) is 50.8 Å². The molecule has 0 radical (unpaired) electrons. The minimum Gasteiger partial charge on any atom is -0.444 e. The van der Waals surface area contributed by atoms with Gasteiger partial charge in [-0.15, -0.1) is 0 Å². The van der Waals surface area contributed by atoms with Gasteiger partial charge in [0.1, 0.15) is 5.60 Å². The van der Waals surface area contributed by atoms with Crippen molar-refractivity contribution >= 4 is 28.5 Å². The van der Waals surface area contributed by atoms with Gasteiger partial charge < -0.3 is 15.0 Å². The lowest BCUT2D eigenvalue weighted by Crippen LogP contribution is -2.36. The van der Waals surface area contributed by atoms with Crippen molar-refractivity contribution in [2.75, 3.05) is 18.4 Å². The molecule has 0 aromatic carbocycles. The van der Waals surface area contributed by atoms with E-state index in [9.17, 15) is 9.59 Å². The number of nitrogens with one attached hydrogen (secondary N) is 1. The topological polar surface area (TPSA) is 97.3 Å². The van der Waals surface area contributed by atoms with Crippen LogP contribution in [0.15, 0.2) is 24.7 Å². The van der Waals surface area contributed by atoms with Crippen molar-refractivity contribution in [3.05, 3.63) is 24.7 Å². The van der Waals surface area contributed by atoms with E-state index in [-0.39, 0.29) is 17.9 Å². The first kappa shape index (κ1) is 18.2. The highest BCUT2D eigenvalue weighted by Crippen LogP contribution is 2.29. The summed E-state index contributed by atoms with van der Waals surface area (Å²) in [5.74, 6) is -0.401. The van der Waals surface area contributed by atoms with Gasteiger partial charge >= 0.3 is 6.09 Å². The SMILES string of the molecule is CC(C)(C)OC(=O)N1CC[C@H](C(=O)Nc2ncc(-c3ccnnc3)s2)C1. The Morgan fingerprint density at radius 1 is 1.31 bits per heavy atom. The fourth-order valence-electron chi connectivity index (χ4n) is 2.58. The van der Waals surface area contributed by atoms with Crippen LogP contribution in [0, 0.1) is 5.92 Å². The number of nitrogens with zero attached hydrogens (tertiary/aromatic N) is 4. The highest BCUT2D eigenvalue weighted by Gasteiger charge is 2.33. The summed E-state index contributed by atoms with van der Waals surface area (Å²) in [5, 5.41) is 10.9. The molecule has 1 aliphatic heterocycles. The maximum Gasteiger partial charge on any atom is 0.410 e. The number of carbonyl (C=O) groups excluding carboxylic acids is 2. The van der Waals surface area contributed by atoms with E-state index in [4.69, 9.17) is 4.74 Å². The fraction of sp³-hybridized carbons (Fsp3) is 0.471. The molecule has 0 spiro atoms. The van der Waals surface area contributed by atoms with Crippen molar-refractivity contribution in [1.29, 1.82) is 0 Å². The van der Waals surface area contributed by atoms with Gasteiger partial charge in [0.05, 0.1) is 23.2 Å². The molecule has 1 aliphatic rings. The van der Waals surface area contributed by atoms with Crippen LogP contribution in [0.4, 0.5) is 9.93 Å². The first-order chi connectivity index (χ1) is 12.3. The van der Waals surface area contributed by atoms with Gasteiger partial charge in [0, 0.05) is 24.8 Å². The van der Waals surface area contributed by atoms with Crippen LogP contribution in [0.2, 0.25) is 0 Å². The smallest absolute Gasteiger partial charge is 0.410 e. The van der Waals surface area contributed by atoms with Gasteiger partial charge in [0.25, 0.3) is 0 Å². The highest BCUT2D eigenvalue weighted by atomic mass is 32.1. The molecule has 1 fully saturated rings. The van der Waals surface area contributed by atoms with Crippen molar-refractivity contribution in [3.63, 3.8) is 0 Å². The Morgan fingerprint density at radius 2 is 2.12 bits per heavy atom. The van der Waals surface area contributed by atoms with Crippen molar-refractivity contribution in [1.82, 2.24) is 20.1 Å². The quantitative estimate of drug-likeness (QED) is 0.886. The number of ether oxygens (including phenoxy) is 1. The number of aromatic nitrogens is 3. The molecule has 2 aromatic rings. The second kappa shape index (κ2) is 7.36. The average molecular weight is 375 g/mol. The van der Waals surface area contributed by atoms with E-state index >= 15 is 0 Å². The van der Waals surface area contributed by atoms with Crippen LogP contribution in [0.1, 0.15) is 27.2 Å². The van der Waals surface area contributed by atoms with Crippen molar-refractivity contribution < 1.29 is 14.3 Å². The van der Waals surface area contributed by atoms with Crippen LogP contribution < -0.4 is 5.32 Å². The van der Waals surface area contributed by atoms with Gasteiger partial charge in [-0.05, 0) is 33.3 Å². The minimum absolute atomic E-state index is 0.134. The van der Waals surface area contributed by atoms with Crippen molar-refractivity contribution in [2.45, 2.75) is 32.8 Å². The van der Waals surface area contributed by atoms with Crippen molar-refractivity contribution in [3.8, 4) is 10.4 Å². The molecule has 3 rings (SSSR count). The number of anilines is 1. The Kier molecular flexibility index (Phi) is 5.17. The molecule has 0 unspecified atom stereocenters. The summed E-state index contributed by atoms with van der Waals surface area (Å²) in [7, 11) is 0. The molecule has 9 heteroatoms. The lowest BCUT2D eigenvalue weighted by Gasteiger charge is -2.24. The summed E-state index contributed by atoms with van der Waals surface area (Å²) < 4.78 is 5.35. The van der Waals surface area contributed by atoms with Crippen LogP contribution in [0.3, 0.4) is 0 Å². The maximum absolute atomic E-state index is 12.5. The van der Waals surface area contributed by atoms with Crippen LogP contribution >= 0.6 is 11.3 Å². The molecule has 0 aliphatic carbocycles. The van der Waals surface area contributed by atoms with E-state index in [2.05, 4.69) is 20.5 Å². The molecule has 3 heterocycles. The highest BCUT2D eigenvalue weighted by molar-refractivity contribution is 7.19. The van der Waals surface area contributed by atoms with Crippen molar-refractivity contribution in [2.24, 2.45) is 5.92 Å². The first-order valence-corrected chi connectivity index (χ1v) is 9.15. The standard InChI is InChI=1S/C17H21N5O3S/c1-17(2,3)25-16(24)22-7-5-12(10-22)14(23)21-15-18-9-13(26-15)11-4-6-19-20-8-11/h4,6,8-9,12H,5,7,10H2,1-3H3,(H,18,21,23)/t12-/m0/s1. The molecule has 0 saturated carbocycles. The minimum atomic E-state index is -0.545. The largest absolute Gasteiger partial charge is 0.444 e.